The number of carbonyl (C=O) groups excluding carboxylic acids is 1. The first-order chi connectivity index (χ1) is 10.6. The molecule has 0 saturated carbocycles. The van der Waals surface area contributed by atoms with Crippen LogP contribution in [-0.2, 0) is 11.2 Å². The molecule has 0 aliphatic carbocycles. The minimum absolute atomic E-state index is 0.0222. The van der Waals surface area contributed by atoms with Crippen LogP contribution in [0.5, 0.6) is 0 Å². The van der Waals surface area contributed by atoms with Gasteiger partial charge in [0.1, 0.15) is 6.04 Å². The second-order valence-electron chi connectivity index (χ2n) is 6.26. The van der Waals surface area contributed by atoms with E-state index in [1.165, 1.54) is 0 Å². The molecule has 0 bridgehead atoms. The monoisotopic (exact) mass is 325 g/mol. The lowest BCUT2D eigenvalue weighted by molar-refractivity contribution is -0.202. The van der Waals surface area contributed by atoms with Gasteiger partial charge in [0, 0.05) is 12.0 Å². The second-order valence-corrected chi connectivity index (χ2v) is 6.26. The minimum Gasteiger partial charge on any atom is -0.288 e. The van der Waals surface area contributed by atoms with Crippen LogP contribution in [0.1, 0.15) is 37.8 Å². The van der Waals surface area contributed by atoms with E-state index in [0.29, 0.717) is 11.1 Å². The average molecular weight is 325 g/mol. The highest BCUT2D eigenvalue weighted by Gasteiger charge is 2.51. The molecule has 1 fully saturated rings. The Morgan fingerprint density at radius 1 is 1.39 bits per heavy atom. The van der Waals surface area contributed by atoms with Gasteiger partial charge in [-0.1, -0.05) is 18.2 Å². The Morgan fingerprint density at radius 2 is 2.04 bits per heavy atom. The lowest BCUT2D eigenvalue weighted by Crippen LogP contribution is -2.56. The predicted molar refractivity (Wildman–Crippen MR) is 78.0 cm³/mol. The molecule has 1 aromatic rings. The first-order valence-corrected chi connectivity index (χ1v) is 7.29. The van der Waals surface area contributed by atoms with Crippen molar-refractivity contribution in [2.75, 3.05) is 0 Å². The number of hydrogen-bond acceptors (Lipinski definition) is 3. The molecule has 1 N–H and O–H groups in total. The lowest BCUT2D eigenvalue weighted by Gasteiger charge is -2.37. The summed E-state index contributed by atoms with van der Waals surface area (Å²) in [5, 5.41) is 10.0. The smallest absolute Gasteiger partial charge is 0.288 e. The van der Waals surface area contributed by atoms with E-state index in [2.05, 4.69) is 5.43 Å². The van der Waals surface area contributed by atoms with Gasteiger partial charge < -0.3 is 0 Å². The van der Waals surface area contributed by atoms with Crippen molar-refractivity contribution >= 4 is 5.91 Å². The predicted octanol–water partition coefficient (Wildman–Crippen LogP) is 2.94. The van der Waals surface area contributed by atoms with Crippen molar-refractivity contribution in [2.45, 2.75) is 50.9 Å². The molecule has 0 spiro atoms. The molecule has 23 heavy (non-hydrogen) atoms. The molecule has 7 heteroatoms. The van der Waals surface area contributed by atoms with Crippen molar-refractivity contribution in [2.24, 2.45) is 0 Å². The number of aryl methyl sites for hydroxylation is 1. The van der Waals surface area contributed by atoms with Gasteiger partial charge in [0.25, 0.3) is 0 Å². The fourth-order valence-corrected chi connectivity index (χ4v) is 2.88. The van der Waals surface area contributed by atoms with Crippen LogP contribution in [0.25, 0.3) is 0 Å². The minimum atomic E-state index is -4.48. The molecule has 0 aromatic heterocycles. The Hall–Kier alpha value is -2.07. The SMILES string of the molecule is CC1(C)CC(=O)NN1C(CCc1ccccc1C#N)C(F)(F)F. The third-order valence-corrected chi connectivity index (χ3v) is 4.00. The Kier molecular flexibility index (Phi) is 4.66. The maximum atomic E-state index is 13.5. The molecular formula is C16H18F3N3O. The van der Waals surface area contributed by atoms with Crippen molar-refractivity contribution in [3.63, 3.8) is 0 Å². The number of hydrogen-bond donors (Lipinski definition) is 1. The summed E-state index contributed by atoms with van der Waals surface area (Å²) >= 11 is 0. The van der Waals surface area contributed by atoms with Gasteiger partial charge in [0.2, 0.25) is 5.91 Å². The van der Waals surface area contributed by atoms with E-state index in [4.69, 9.17) is 5.26 Å². The summed E-state index contributed by atoms with van der Waals surface area (Å²) in [6.45, 7) is 3.21. The van der Waals surface area contributed by atoms with Gasteiger partial charge >= 0.3 is 6.18 Å². The Labute approximate surface area is 132 Å². The van der Waals surface area contributed by atoms with E-state index < -0.39 is 23.7 Å². The maximum absolute atomic E-state index is 13.5. The molecule has 1 heterocycles. The van der Waals surface area contributed by atoms with Crippen LogP contribution in [0.3, 0.4) is 0 Å². The first kappa shape index (κ1) is 17.3. The quantitative estimate of drug-likeness (QED) is 0.926. The van der Waals surface area contributed by atoms with Crippen molar-refractivity contribution in [3.05, 3.63) is 35.4 Å². The fraction of sp³-hybridized carbons (Fsp3) is 0.500. The van der Waals surface area contributed by atoms with Crippen LogP contribution in [0.15, 0.2) is 24.3 Å². The first-order valence-electron chi connectivity index (χ1n) is 7.29. The fourth-order valence-electron chi connectivity index (χ4n) is 2.88. The van der Waals surface area contributed by atoms with E-state index in [-0.39, 0.29) is 19.3 Å². The number of carbonyl (C=O) groups is 1. The topological polar surface area (TPSA) is 56.1 Å². The van der Waals surface area contributed by atoms with Crippen LogP contribution in [0, 0.1) is 11.3 Å². The molecule has 1 saturated heterocycles. The number of nitrogens with zero attached hydrogens (tertiary/aromatic N) is 2. The van der Waals surface area contributed by atoms with Crippen LogP contribution in [-0.4, -0.2) is 28.7 Å². The summed E-state index contributed by atoms with van der Waals surface area (Å²) in [6.07, 6.45) is -4.58. The average Bonchev–Trinajstić information content (AvgIpc) is 2.71. The number of hydrazine groups is 1. The summed E-state index contributed by atoms with van der Waals surface area (Å²) < 4.78 is 40.4. The van der Waals surface area contributed by atoms with Gasteiger partial charge in [0.15, 0.2) is 0 Å². The Bertz CT molecular complexity index is 634. The highest BCUT2D eigenvalue weighted by molar-refractivity contribution is 5.78. The van der Waals surface area contributed by atoms with Crippen molar-refractivity contribution in [1.82, 2.24) is 10.4 Å². The van der Waals surface area contributed by atoms with Gasteiger partial charge in [-0.3, -0.25) is 10.2 Å². The highest BCUT2D eigenvalue weighted by atomic mass is 19.4. The Morgan fingerprint density at radius 3 is 2.57 bits per heavy atom. The summed E-state index contributed by atoms with van der Waals surface area (Å²) in [5.74, 6) is -0.415. The van der Waals surface area contributed by atoms with Crippen molar-refractivity contribution in [1.29, 1.82) is 5.26 Å². The van der Waals surface area contributed by atoms with E-state index in [9.17, 15) is 18.0 Å². The third kappa shape index (κ3) is 3.82. The van der Waals surface area contributed by atoms with Gasteiger partial charge in [-0.05, 0) is 38.3 Å². The molecule has 1 aliphatic rings. The van der Waals surface area contributed by atoms with Gasteiger partial charge in [0.05, 0.1) is 11.6 Å². The summed E-state index contributed by atoms with van der Waals surface area (Å²) in [6, 6.07) is 6.79. The summed E-state index contributed by atoms with van der Waals surface area (Å²) in [4.78, 5) is 11.5. The van der Waals surface area contributed by atoms with E-state index in [0.717, 1.165) is 5.01 Å². The number of amides is 1. The normalized spacial score (nSPS) is 19.2. The molecule has 2 rings (SSSR count). The van der Waals surface area contributed by atoms with Crippen LogP contribution in [0.2, 0.25) is 0 Å². The van der Waals surface area contributed by atoms with Gasteiger partial charge in [-0.25, -0.2) is 5.01 Å². The van der Waals surface area contributed by atoms with Gasteiger partial charge in [-0.2, -0.15) is 18.4 Å². The van der Waals surface area contributed by atoms with Crippen LogP contribution < -0.4 is 5.43 Å². The molecule has 1 aromatic carbocycles. The van der Waals surface area contributed by atoms with E-state index in [1.54, 1.807) is 38.1 Å². The molecule has 1 aliphatic heterocycles. The number of halogens is 3. The van der Waals surface area contributed by atoms with E-state index >= 15 is 0 Å². The zero-order valence-electron chi connectivity index (χ0n) is 12.9. The molecular weight excluding hydrogens is 307 g/mol. The zero-order chi connectivity index (χ0) is 17.3. The number of alkyl halides is 3. The molecule has 0 radical (unpaired) electrons. The number of benzene rings is 1. The van der Waals surface area contributed by atoms with Crippen LogP contribution >= 0.6 is 0 Å². The molecule has 124 valence electrons. The maximum Gasteiger partial charge on any atom is 0.405 e. The zero-order valence-corrected chi connectivity index (χ0v) is 12.9. The number of nitriles is 1. The highest BCUT2D eigenvalue weighted by Crippen LogP contribution is 2.35. The summed E-state index contributed by atoms with van der Waals surface area (Å²) in [7, 11) is 0. The van der Waals surface area contributed by atoms with Crippen LogP contribution in [0.4, 0.5) is 13.2 Å². The van der Waals surface area contributed by atoms with E-state index in [1.807, 2.05) is 6.07 Å². The number of nitrogens with one attached hydrogen (secondary N) is 1. The molecule has 1 unspecified atom stereocenters. The lowest BCUT2D eigenvalue weighted by atomic mass is 9.96. The molecule has 4 nitrogen and oxygen atoms in total. The van der Waals surface area contributed by atoms with Crippen molar-refractivity contribution < 1.29 is 18.0 Å². The third-order valence-electron chi connectivity index (χ3n) is 4.00. The summed E-state index contributed by atoms with van der Waals surface area (Å²) in [5.41, 5.74) is 2.36. The standard InChI is InChI=1S/C16H18F3N3O/c1-15(2)9-14(23)21-22(15)13(16(17,18)19)8-7-11-5-3-4-6-12(11)10-20/h3-6,13H,7-9H2,1-2H3,(H,21,23). The van der Waals surface area contributed by atoms with Gasteiger partial charge in [-0.15, -0.1) is 0 Å². The second kappa shape index (κ2) is 6.20. The molecule has 1 amide bonds. The molecule has 1 atom stereocenters. The largest absolute Gasteiger partial charge is 0.405 e. The number of rotatable bonds is 4. The Balaban J connectivity index is 2.21. The van der Waals surface area contributed by atoms with Crippen molar-refractivity contribution in [3.8, 4) is 6.07 Å².